The molecule has 1 aliphatic carbocycles. The van der Waals surface area contributed by atoms with Gasteiger partial charge in [-0.3, -0.25) is 0 Å². The van der Waals surface area contributed by atoms with Gasteiger partial charge in [0.25, 0.3) is 0 Å². The topological polar surface area (TPSA) is 24.1 Å². The van der Waals surface area contributed by atoms with E-state index in [4.69, 9.17) is 0 Å². The highest BCUT2D eigenvalue weighted by atomic mass is 79.9. The predicted molar refractivity (Wildman–Crippen MR) is 65.8 cm³/mol. The van der Waals surface area contributed by atoms with E-state index in [2.05, 4.69) is 56.3 Å². The molecular formula is C10H12Br2N2. The molecule has 0 spiro atoms. The normalized spacial score (nSPS) is 22.0. The summed E-state index contributed by atoms with van der Waals surface area (Å²) >= 11 is 7.21. The van der Waals surface area contributed by atoms with Gasteiger partial charge in [-0.15, -0.1) is 0 Å². The molecule has 2 rings (SSSR count). The Kier molecular flexibility index (Phi) is 2.75. The molecule has 0 amide bonds. The Bertz CT molecular complexity index is 342. The maximum atomic E-state index is 3.60. The maximum Gasteiger partial charge on any atom is 0.0732 e. The van der Waals surface area contributed by atoms with Crippen molar-refractivity contribution in [1.82, 2.24) is 10.6 Å². The first-order valence-electron chi connectivity index (χ1n) is 4.59. The number of halogens is 2. The van der Waals surface area contributed by atoms with Gasteiger partial charge in [-0.25, -0.2) is 0 Å². The third kappa shape index (κ3) is 1.65. The molecule has 14 heavy (non-hydrogen) atoms. The molecule has 0 radical (unpaired) electrons. The summed E-state index contributed by atoms with van der Waals surface area (Å²) in [5.41, 5.74) is 4.71. The van der Waals surface area contributed by atoms with Gasteiger partial charge in [0.15, 0.2) is 0 Å². The van der Waals surface area contributed by atoms with Crippen LogP contribution >= 0.6 is 31.9 Å². The molecule has 0 aromatic heterocycles. The molecule has 1 aliphatic heterocycles. The van der Waals surface area contributed by atoms with Gasteiger partial charge in [0.05, 0.1) is 11.4 Å². The van der Waals surface area contributed by atoms with Crippen molar-refractivity contribution in [2.75, 3.05) is 0 Å². The summed E-state index contributed by atoms with van der Waals surface area (Å²) in [4.78, 5) is 0. The van der Waals surface area contributed by atoms with Crippen LogP contribution in [0.3, 0.4) is 0 Å². The minimum atomic E-state index is 1.06. The van der Waals surface area contributed by atoms with E-state index in [-0.39, 0.29) is 0 Å². The SMILES string of the molecule is CC1=C(C)NC2=C(Br)CCC(Br)=C2N1. The van der Waals surface area contributed by atoms with Crippen molar-refractivity contribution in [3.63, 3.8) is 0 Å². The second kappa shape index (κ2) is 3.74. The third-order valence-corrected chi connectivity index (χ3v) is 4.13. The number of allylic oxidation sites excluding steroid dienone is 4. The lowest BCUT2D eigenvalue weighted by Gasteiger charge is -2.30. The van der Waals surface area contributed by atoms with Crippen LogP contribution in [0.15, 0.2) is 31.8 Å². The summed E-state index contributed by atoms with van der Waals surface area (Å²) in [7, 11) is 0. The lowest BCUT2D eigenvalue weighted by atomic mass is 10.1. The zero-order valence-corrected chi connectivity index (χ0v) is 11.3. The highest BCUT2D eigenvalue weighted by Gasteiger charge is 2.23. The molecule has 2 N–H and O–H groups in total. The highest BCUT2D eigenvalue weighted by Crippen LogP contribution is 2.36. The number of hydrogen-bond acceptors (Lipinski definition) is 2. The fraction of sp³-hybridized carbons (Fsp3) is 0.400. The Balaban J connectivity index is 2.49. The fourth-order valence-electron chi connectivity index (χ4n) is 1.56. The second-order valence-corrected chi connectivity index (χ2v) is 5.47. The second-order valence-electron chi connectivity index (χ2n) is 3.56. The van der Waals surface area contributed by atoms with Crippen LogP contribution in [0.25, 0.3) is 0 Å². The van der Waals surface area contributed by atoms with E-state index < -0.39 is 0 Å². The predicted octanol–water partition coefficient (Wildman–Crippen LogP) is 3.44. The Labute approximate surface area is 101 Å². The molecule has 0 saturated heterocycles. The van der Waals surface area contributed by atoms with Gasteiger partial charge in [-0.1, -0.05) is 31.9 Å². The average Bonchev–Trinajstić information content (AvgIpc) is 2.15. The zero-order valence-electron chi connectivity index (χ0n) is 8.17. The standard InChI is InChI=1S/C10H12Br2N2/c1-5-6(2)14-10-8(12)4-3-7(11)9(10)13-5/h13-14H,3-4H2,1-2H3. The van der Waals surface area contributed by atoms with Crippen molar-refractivity contribution in [2.45, 2.75) is 26.7 Å². The average molecular weight is 320 g/mol. The molecule has 0 atom stereocenters. The number of rotatable bonds is 0. The van der Waals surface area contributed by atoms with Gasteiger partial charge >= 0.3 is 0 Å². The first kappa shape index (κ1) is 10.3. The molecule has 2 aliphatic rings. The van der Waals surface area contributed by atoms with E-state index in [0.717, 1.165) is 12.8 Å². The van der Waals surface area contributed by atoms with Gasteiger partial charge in [-0.2, -0.15) is 0 Å². The van der Waals surface area contributed by atoms with E-state index in [9.17, 15) is 0 Å². The van der Waals surface area contributed by atoms with E-state index >= 15 is 0 Å². The van der Waals surface area contributed by atoms with E-state index in [1.54, 1.807) is 0 Å². The maximum absolute atomic E-state index is 3.60. The monoisotopic (exact) mass is 318 g/mol. The lowest BCUT2D eigenvalue weighted by molar-refractivity contribution is 0.761. The van der Waals surface area contributed by atoms with Crippen LogP contribution in [0.4, 0.5) is 0 Å². The van der Waals surface area contributed by atoms with Gasteiger partial charge in [-0.05, 0) is 26.7 Å². The van der Waals surface area contributed by atoms with Gasteiger partial charge in [0.1, 0.15) is 0 Å². The van der Waals surface area contributed by atoms with Crippen molar-refractivity contribution >= 4 is 31.9 Å². The first-order valence-corrected chi connectivity index (χ1v) is 6.17. The third-order valence-electron chi connectivity index (χ3n) is 2.54. The van der Waals surface area contributed by atoms with E-state index in [1.807, 2.05) is 0 Å². The number of nitrogens with one attached hydrogen (secondary N) is 2. The van der Waals surface area contributed by atoms with Crippen LogP contribution < -0.4 is 10.6 Å². The van der Waals surface area contributed by atoms with Gasteiger partial charge < -0.3 is 10.6 Å². The summed E-state index contributed by atoms with van der Waals surface area (Å²) in [5, 5.41) is 6.82. The number of hydrogen-bond donors (Lipinski definition) is 2. The van der Waals surface area contributed by atoms with Crippen molar-refractivity contribution in [3.05, 3.63) is 31.8 Å². The summed E-state index contributed by atoms with van der Waals surface area (Å²) in [6.45, 7) is 4.16. The van der Waals surface area contributed by atoms with Crippen LogP contribution in [-0.4, -0.2) is 0 Å². The molecule has 2 nitrogen and oxygen atoms in total. The summed E-state index contributed by atoms with van der Waals surface area (Å²) in [5.74, 6) is 0. The Hall–Kier alpha value is -0.220. The lowest BCUT2D eigenvalue weighted by Crippen LogP contribution is -2.32. The number of fused-ring (bicyclic) bond motifs is 1. The minimum absolute atomic E-state index is 1.06. The molecule has 0 unspecified atom stereocenters. The zero-order chi connectivity index (χ0) is 10.3. The van der Waals surface area contributed by atoms with Crippen LogP contribution in [0.2, 0.25) is 0 Å². The fourth-order valence-corrected chi connectivity index (χ4v) is 2.56. The van der Waals surface area contributed by atoms with Gasteiger partial charge in [0, 0.05) is 20.4 Å². The summed E-state index contributed by atoms with van der Waals surface area (Å²) in [6.07, 6.45) is 2.11. The Morgan fingerprint density at radius 2 is 1.21 bits per heavy atom. The van der Waals surface area contributed by atoms with Crippen LogP contribution in [-0.2, 0) is 0 Å². The summed E-state index contributed by atoms with van der Waals surface area (Å²) < 4.78 is 2.49. The first-order chi connectivity index (χ1) is 6.59. The largest absolute Gasteiger partial charge is 0.355 e. The van der Waals surface area contributed by atoms with Crippen LogP contribution in [0.1, 0.15) is 26.7 Å². The molecule has 0 fully saturated rings. The molecule has 0 bridgehead atoms. The van der Waals surface area contributed by atoms with Crippen molar-refractivity contribution in [3.8, 4) is 0 Å². The van der Waals surface area contributed by atoms with Crippen molar-refractivity contribution in [1.29, 1.82) is 0 Å². The molecule has 0 saturated carbocycles. The summed E-state index contributed by atoms with van der Waals surface area (Å²) in [6, 6.07) is 0. The Morgan fingerprint density at radius 3 is 1.57 bits per heavy atom. The Morgan fingerprint density at radius 1 is 0.857 bits per heavy atom. The molecule has 0 aromatic carbocycles. The molecule has 0 aromatic rings. The van der Waals surface area contributed by atoms with E-state index in [1.165, 1.54) is 31.8 Å². The molecule has 4 heteroatoms. The van der Waals surface area contributed by atoms with Crippen LogP contribution in [0.5, 0.6) is 0 Å². The van der Waals surface area contributed by atoms with Crippen molar-refractivity contribution < 1.29 is 0 Å². The van der Waals surface area contributed by atoms with Gasteiger partial charge in [0.2, 0.25) is 0 Å². The molecular weight excluding hydrogens is 308 g/mol. The highest BCUT2D eigenvalue weighted by molar-refractivity contribution is 9.12. The smallest absolute Gasteiger partial charge is 0.0732 e. The minimum Gasteiger partial charge on any atom is -0.355 e. The van der Waals surface area contributed by atoms with Crippen molar-refractivity contribution in [2.24, 2.45) is 0 Å². The quantitative estimate of drug-likeness (QED) is 0.714. The van der Waals surface area contributed by atoms with Crippen LogP contribution in [0, 0.1) is 0 Å². The molecule has 76 valence electrons. The van der Waals surface area contributed by atoms with E-state index in [0.29, 0.717) is 0 Å². The molecule has 1 heterocycles.